The number of hydrogen-bond donors (Lipinski definition) is 3. The molecule has 0 unspecified atom stereocenters. The lowest BCUT2D eigenvalue weighted by Gasteiger charge is -2.33. The van der Waals surface area contributed by atoms with E-state index in [9.17, 15) is 9.59 Å². The molecular formula is C23H35N3O4. The van der Waals surface area contributed by atoms with Crippen molar-refractivity contribution >= 4 is 18.3 Å². The fourth-order valence-corrected chi connectivity index (χ4v) is 4.38. The molecule has 7 nitrogen and oxygen atoms in total. The highest BCUT2D eigenvalue weighted by atomic mass is 16.3. The van der Waals surface area contributed by atoms with E-state index in [0.29, 0.717) is 24.9 Å². The monoisotopic (exact) mass is 417 g/mol. The van der Waals surface area contributed by atoms with E-state index < -0.39 is 0 Å². The Morgan fingerprint density at radius 1 is 1.23 bits per heavy atom. The summed E-state index contributed by atoms with van der Waals surface area (Å²) in [5, 5.41) is 13.1. The van der Waals surface area contributed by atoms with Crippen LogP contribution >= 0.6 is 0 Å². The van der Waals surface area contributed by atoms with Crippen molar-refractivity contribution in [2.24, 2.45) is 5.92 Å². The van der Waals surface area contributed by atoms with Gasteiger partial charge in [0.05, 0.1) is 6.54 Å². The van der Waals surface area contributed by atoms with E-state index in [1.807, 2.05) is 18.2 Å². The second-order valence-electron chi connectivity index (χ2n) is 8.18. The largest absolute Gasteiger partial charge is 0.483 e. The van der Waals surface area contributed by atoms with Crippen LogP contribution in [0.15, 0.2) is 30.3 Å². The molecule has 3 N–H and O–H groups in total. The number of nitrogens with one attached hydrogen (secondary N) is 2. The Kier molecular flexibility index (Phi) is 10.9. The smallest absolute Gasteiger partial charge is 0.290 e. The first kappa shape index (κ1) is 23.9. The zero-order chi connectivity index (χ0) is 21.6. The van der Waals surface area contributed by atoms with Crippen molar-refractivity contribution in [3.8, 4) is 0 Å². The van der Waals surface area contributed by atoms with Crippen molar-refractivity contribution in [3.05, 3.63) is 35.9 Å². The Morgan fingerprint density at radius 3 is 2.77 bits per heavy atom. The maximum atomic E-state index is 12.3. The van der Waals surface area contributed by atoms with Gasteiger partial charge in [0.15, 0.2) is 0 Å². The highest BCUT2D eigenvalue weighted by molar-refractivity contribution is 5.78. The van der Waals surface area contributed by atoms with E-state index in [4.69, 9.17) is 9.90 Å². The van der Waals surface area contributed by atoms with Crippen LogP contribution in [0.3, 0.4) is 0 Å². The van der Waals surface area contributed by atoms with Crippen molar-refractivity contribution < 1.29 is 19.5 Å². The maximum absolute atomic E-state index is 12.3. The molecule has 1 aliphatic carbocycles. The summed E-state index contributed by atoms with van der Waals surface area (Å²) >= 11 is 0. The maximum Gasteiger partial charge on any atom is 0.290 e. The van der Waals surface area contributed by atoms with Gasteiger partial charge in [-0.2, -0.15) is 0 Å². The average molecular weight is 418 g/mol. The minimum atomic E-state index is -0.250. The van der Waals surface area contributed by atoms with Crippen LogP contribution in [0.25, 0.3) is 0 Å². The summed E-state index contributed by atoms with van der Waals surface area (Å²) in [6.45, 7) is 3.04. The molecule has 166 valence electrons. The van der Waals surface area contributed by atoms with Gasteiger partial charge < -0.3 is 15.7 Å². The highest BCUT2D eigenvalue weighted by Crippen LogP contribution is 2.25. The highest BCUT2D eigenvalue weighted by Gasteiger charge is 2.26. The topological polar surface area (TPSA) is 98.7 Å². The summed E-state index contributed by atoms with van der Waals surface area (Å²) in [6.07, 6.45) is 7.98. The summed E-state index contributed by atoms with van der Waals surface area (Å²) in [5.41, 5.74) is 1.30. The number of benzene rings is 1. The van der Waals surface area contributed by atoms with Crippen LogP contribution in [0.1, 0.15) is 50.5 Å². The molecule has 1 aromatic carbocycles. The Morgan fingerprint density at radius 2 is 2.00 bits per heavy atom. The van der Waals surface area contributed by atoms with Crippen molar-refractivity contribution in [3.63, 3.8) is 0 Å². The van der Waals surface area contributed by atoms with E-state index in [2.05, 4.69) is 27.7 Å². The normalized spacial score (nSPS) is 22.1. The van der Waals surface area contributed by atoms with Gasteiger partial charge in [-0.05, 0) is 50.0 Å². The second-order valence-corrected chi connectivity index (χ2v) is 8.18. The molecular weight excluding hydrogens is 382 g/mol. The molecule has 1 heterocycles. The second kappa shape index (κ2) is 13.7. The van der Waals surface area contributed by atoms with Gasteiger partial charge in [-0.25, -0.2) is 0 Å². The summed E-state index contributed by atoms with van der Waals surface area (Å²) in [5.74, 6) is 0.913. The fourth-order valence-electron chi connectivity index (χ4n) is 4.38. The molecule has 2 amide bonds. The molecule has 1 saturated heterocycles. The number of hydrogen-bond acceptors (Lipinski definition) is 4. The van der Waals surface area contributed by atoms with Gasteiger partial charge in [-0.3, -0.25) is 19.3 Å². The lowest BCUT2D eigenvalue weighted by atomic mass is 9.85. The number of carbonyl (C=O) groups is 3. The summed E-state index contributed by atoms with van der Waals surface area (Å²) < 4.78 is 0. The quantitative estimate of drug-likeness (QED) is 0.591. The number of nitrogens with zero attached hydrogens (tertiary/aromatic N) is 1. The minimum Gasteiger partial charge on any atom is -0.483 e. The van der Waals surface area contributed by atoms with Crippen LogP contribution in [-0.2, 0) is 20.8 Å². The van der Waals surface area contributed by atoms with Gasteiger partial charge in [0, 0.05) is 32.1 Å². The Labute approximate surface area is 179 Å². The zero-order valence-corrected chi connectivity index (χ0v) is 17.7. The Hall–Kier alpha value is -2.41. The number of carboxylic acid groups (broad SMARTS) is 1. The first-order valence-electron chi connectivity index (χ1n) is 11.0. The van der Waals surface area contributed by atoms with Gasteiger partial charge in [0.2, 0.25) is 11.8 Å². The van der Waals surface area contributed by atoms with Crippen LogP contribution in [0, 0.1) is 5.92 Å². The third-order valence-electron chi connectivity index (χ3n) is 5.72. The van der Waals surface area contributed by atoms with E-state index in [-0.39, 0.29) is 18.3 Å². The molecule has 0 aromatic heterocycles. The molecule has 2 fully saturated rings. The molecule has 30 heavy (non-hydrogen) atoms. The molecule has 0 bridgehead atoms. The molecule has 2 atom stereocenters. The first-order valence-corrected chi connectivity index (χ1v) is 11.0. The van der Waals surface area contributed by atoms with E-state index in [1.54, 1.807) is 0 Å². The Balaban J connectivity index is 0.00000101. The van der Waals surface area contributed by atoms with Crippen molar-refractivity contribution in [2.75, 3.05) is 26.2 Å². The SMILES string of the molecule is O=C1CN(C[C@@H]2CCC[C@@H](NC(=O)CCCc3ccccc3)C2)CCCN1.O=CO. The minimum absolute atomic E-state index is 0.145. The third-order valence-corrected chi connectivity index (χ3v) is 5.72. The average Bonchev–Trinajstić information content (AvgIpc) is 2.93. The van der Waals surface area contributed by atoms with Gasteiger partial charge in [0.25, 0.3) is 6.47 Å². The molecule has 1 aromatic rings. The molecule has 3 rings (SSSR count). The number of amides is 2. The van der Waals surface area contributed by atoms with Crippen LogP contribution in [-0.4, -0.2) is 60.5 Å². The summed E-state index contributed by atoms with van der Waals surface area (Å²) in [6, 6.07) is 10.7. The van der Waals surface area contributed by atoms with Crippen LogP contribution in [0.4, 0.5) is 0 Å². The zero-order valence-electron chi connectivity index (χ0n) is 17.7. The third kappa shape index (κ3) is 9.39. The molecule has 0 radical (unpaired) electrons. The lowest BCUT2D eigenvalue weighted by Crippen LogP contribution is -2.42. The van der Waals surface area contributed by atoms with Crippen LogP contribution in [0.5, 0.6) is 0 Å². The van der Waals surface area contributed by atoms with E-state index in [0.717, 1.165) is 51.7 Å². The van der Waals surface area contributed by atoms with Crippen molar-refractivity contribution in [1.82, 2.24) is 15.5 Å². The Bertz CT molecular complexity index is 653. The van der Waals surface area contributed by atoms with E-state index >= 15 is 0 Å². The summed E-state index contributed by atoms with van der Waals surface area (Å²) in [4.78, 5) is 34.7. The predicted octanol–water partition coefficient (Wildman–Crippen LogP) is 2.21. The predicted molar refractivity (Wildman–Crippen MR) is 116 cm³/mol. The van der Waals surface area contributed by atoms with Crippen molar-refractivity contribution in [2.45, 2.75) is 57.4 Å². The molecule has 2 aliphatic rings. The fraction of sp³-hybridized carbons (Fsp3) is 0.609. The van der Waals surface area contributed by atoms with Gasteiger partial charge >= 0.3 is 0 Å². The van der Waals surface area contributed by atoms with E-state index in [1.165, 1.54) is 18.4 Å². The molecule has 7 heteroatoms. The summed E-state index contributed by atoms with van der Waals surface area (Å²) in [7, 11) is 0. The standard InChI is InChI=1S/C22H33N3O2.CH2O2/c26-21(12-5-9-18-7-2-1-3-8-18)24-20-11-4-10-19(15-20)16-25-14-6-13-23-22(27)17-25;2-1-3/h1-3,7-8,19-20H,4-6,9-17H2,(H,23,27)(H,24,26);1H,(H,2,3)/t19-,20-;/m1./s1. The first-order chi connectivity index (χ1) is 14.6. The van der Waals surface area contributed by atoms with Gasteiger partial charge in [-0.15, -0.1) is 0 Å². The molecule has 1 aliphatic heterocycles. The molecule has 1 saturated carbocycles. The van der Waals surface area contributed by atoms with Crippen LogP contribution in [0.2, 0.25) is 0 Å². The van der Waals surface area contributed by atoms with Crippen LogP contribution < -0.4 is 10.6 Å². The van der Waals surface area contributed by atoms with Gasteiger partial charge in [0.1, 0.15) is 0 Å². The number of rotatable bonds is 7. The number of aryl methyl sites for hydroxylation is 1. The van der Waals surface area contributed by atoms with Crippen molar-refractivity contribution in [1.29, 1.82) is 0 Å². The molecule has 0 spiro atoms. The van der Waals surface area contributed by atoms with Gasteiger partial charge in [-0.1, -0.05) is 36.8 Å². The number of carbonyl (C=O) groups excluding carboxylic acids is 2. The lowest BCUT2D eigenvalue weighted by molar-refractivity contribution is -0.123.